The molecule has 0 fully saturated rings. The quantitative estimate of drug-likeness (QED) is 0.265. The summed E-state index contributed by atoms with van der Waals surface area (Å²) in [6.45, 7) is 6.79. The zero-order chi connectivity index (χ0) is 29.1. The highest BCUT2D eigenvalue weighted by Crippen LogP contribution is 2.32. The summed E-state index contributed by atoms with van der Waals surface area (Å²) in [4.78, 5) is 41.7. The smallest absolute Gasteiger partial charge is 0.253 e. The van der Waals surface area contributed by atoms with E-state index in [-0.39, 0.29) is 18.3 Å². The Bertz CT molecular complexity index is 1590. The lowest BCUT2D eigenvalue weighted by Crippen LogP contribution is -2.32. The van der Waals surface area contributed by atoms with Gasteiger partial charge in [0.2, 0.25) is 0 Å². The lowest BCUT2D eigenvalue weighted by molar-refractivity contribution is -0.119. The van der Waals surface area contributed by atoms with Crippen molar-refractivity contribution in [2.24, 2.45) is 0 Å². The normalized spacial score (nSPS) is 13.4. The third kappa shape index (κ3) is 6.24. The van der Waals surface area contributed by atoms with Crippen molar-refractivity contribution in [1.82, 2.24) is 24.8 Å². The second kappa shape index (κ2) is 12.3. The third-order valence-corrected chi connectivity index (χ3v) is 8.06. The third-order valence-electron chi connectivity index (χ3n) is 8.06. The van der Waals surface area contributed by atoms with Crippen molar-refractivity contribution in [1.29, 1.82) is 0 Å². The van der Waals surface area contributed by atoms with Crippen molar-refractivity contribution in [3.8, 4) is 22.4 Å². The zero-order valence-electron chi connectivity index (χ0n) is 24.5. The Morgan fingerprint density at radius 2 is 1.85 bits per heavy atom. The van der Waals surface area contributed by atoms with E-state index in [0.29, 0.717) is 24.8 Å². The molecule has 214 valence electrons. The van der Waals surface area contributed by atoms with Gasteiger partial charge >= 0.3 is 0 Å². The van der Waals surface area contributed by atoms with Crippen molar-refractivity contribution in [3.05, 3.63) is 70.5 Å². The molecule has 1 aliphatic heterocycles. The Kier molecular flexibility index (Phi) is 8.61. The maximum atomic E-state index is 12.5. The maximum absolute atomic E-state index is 12.5. The number of ketones is 1. The topological polar surface area (TPSA) is 102 Å². The van der Waals surface area contributed by atoms with E-state index in [1.165, 1.54) is 16.7 Å². The molecule has 0 saturated carbocycles. The minimum absolute atomic E-state index is 0.0129. The largest absolute Gasteiger partial charge is 0.396 e. The van der Waals surface area contributed by atoms with Crippen LogP contribution in [-0.2, 0) is 17.8 Å². The van der Waals surface area contributed by atoms with Gasteiger partial charge in [0.1, 0.15) is 11.3 Å². The second-order valence-corrected chi connectivity index (χ2v) is 11.3. The number of rotatable bonds is 10. The summed E-state index contributed by atoms with van der Waals surface area (Å²) >= 11 is 0. The van der Waals surface area contributed by atoms with Gasteiger partial charge in [-0.05, 0) is 79.1 Å². The lowest BCUT2D eigenvalue weighted by Gasteiger charge is -2.30. The zero-order valence-corrected chi connectivity index (χ0v) is 24.5. The number of nitrogens with one attached hydrogen (secondary N) is 1. The van der Waals surface area contributed by atoms with Crippen molar-refractivity contribution in [2.45, 2.75) is 52.5 Å². The van der Waals surface area contributed by atoms with Crippen LogP contribution in [0.2, 0.25) is 0 Å². The SMILES string of the molecule is Cc1cc(-c2c[nH]c3ncc(-c4cc(C)c5c(c4)CN(CCC(=O)CCCCO)CC5)nc23)ccc1C(=O)N(C)C. The molecule has 0 unspecified atom stereocenters. The van der Waals surface area contributed by atoms with E-state index in [9.17, 15) is 9.59 Å². The fourth-order valence-electron chi connectivity index (χ4n) is 5.72. The predicted molar refractivity (Wildman–Crippen MR) is 162 cm³/mol. The first-order valence-corrected chi connectivity index (χ1v) is 14.4. The minimum Gasteiger partial charge on any atom is -0.396 e. The molecule has 3 heterocycles. The molecule has 2 aromatic carbocycles. The molecular formula is C33H39N5O3. The fraction of sp³-hybridized carbons (Fsp3) is 0.394. The van der Waals surface area contributed by atoms with Gasteiger partial charge < -0.3 is 15.0 Å². The molecule has 41 heavy (non-hydrogen) atoms. The molecule has 0 spiro atoms. The molecule has 0 atom stereocenters. The molecule has 2 N–H and O–H groups in total. The monoisotopic (exact) mass is 553 g/mol. The van der Waals surface area contributed by atoms with Crippen LogP contribution < -0.4 is 0 Å². The molecule has 8 heteroatoms. The second-order valence-electron chi connectivity index (χ2n) is 11.3. The molecule has 5 rings (SSSR count). The Hall–Kier alpha value is -3.88. The highest BCUT2D eigenvalue weighted by Gasteiger charge is 2.21. The number of unbranched alkanes of at least 4 members (excludes halogenated alkanes) is 1. The first kappa shape index (κ1) is 28.6. The number of aliphatic hydroxyl groups excluding tert-OH is 1. The van der Waals surface area contributed by atoms with E-state index in [1.54, 1.807) is 19.0 Å². The number of fused-ring (bicyclic) bond motifs is 2. The van der Waals surface area contributed by atoms with Crippen LogP contribution in [0.1, 0.15) is 58.3 Å². The fourth-order valence-corrected chi connectivity index (χ4v) is 5.72. The van der Waals surface area contributed by atoms with Gasteiger partial charge in [-0.25, -0.2) is 9.97 Å². The van der Waals surface area contributed by atoms with Crippen LogP contribution in [0, 0.1) is 13.8 Å². The molecular weight excluding hydrogens is 514 g/mol. The first-order valence-electron chi connectivity index (χ1n) is 14.4. The number of aromatic amines is 1. The van der Waals surface area contributed by atoms with Crippen LogP contribution >= 0.6 is 0 Å². The number of hydrogen-bond acceptors (Lipinski definition) is 6. The van der Waals surface area contributed by atoms with Gasteiger partial charge in [0.15, 0.2) is 5.65 Å². The summed E-state index contributed by atoms with van der Waals surface area (Å²) in [5.41, 5.74) is 10.8. The number of carbonyl (C=O) groups is 2. The van der Waals surface area contributed by atoms with Crippen LogP contribution in [0.3, 0.4) is 0 Å². The standard InChI is InChI=1S/C33H39N5O3/c1-21-16-24(17-25-20-38(13-11-27(21)25)12-10-26(40)7-5-6-14-39)30-19-35-32-31(36-30)29(18-34-32)23-8-9-28(22(2)15-23)33(41)37(3)4/h8-9,15-19,39H,5-7,10-14,20H2,1-4H3,(H,34,35). The van der Waals surface area contributed by atoms with Gasteiger partial charge in [0, 0.05) is 76.1 Å². The van der Waals surface area contributed by atoms with Crippen molar-refractivity contribution < 1.29 is 14.7 Å². The molecule has 0 radical (unpaired) electrons. The average Bonchev–Trinajstić information content (AvgIpc) is 3.39. The van der Waals surface area contributed by atoms with Crippen LogP contribution in [0.25, 0.3) is 33.5 Å². The molecule has 2 aromatic heterocycles. The minimum atomic E-state index is -0.0129. The van der Waals surface area contributed by atoms with E-state index < -0.39 is 0 Å². The van der Waals surface area contributed by atoms with E-state index in [1.807, 2.05) is 37.5 Å². The van der Waals surface area contributed by atoms with Gasteiger partial charge in [-0.1, -0.05) is 12.1 Å². The number of aromatic nitrogens is 3. The van der Waals surface area contributed by atoms with E-state index in [0.717, 1.165) is 71.6 Å². The number of nitrogens with zero attached hydrogens (tertiary/aromatic N) is 4. The highest BCUT2D eigenvalue weighted by molar-refractivity contribution is 5.97. The van der Waals surface area contributed by atoms with Gasteiger partial charge in [0.05, 0.1) is 11.9 Å². The number of aliphatic hydroxyl groups is 1. The Morgan fingerprint density at radius 3 is 2.61 bits per heavy atom. The summed E-state index contributed by atoms with van der Waals surface area (Å²) < 4.78 is 0. The van der Waals surface area contributed by atoms with E-state index in [2.05, 4.69) is 33.9 Å². The highest BCUT2D eigenvalue weighted by atomic mass is 16.3. The van der Waals surface area contributed by atoms with Crippen LogP contribution in [0.15, 0.2) is 42.7 Å². The average molecular weight is 554 g/mol. The molecule has 4 aromatic rings. The lowest BCUT2D eigenvalue weighted by atomic mass is 9.92. The molecule has 0 aliphatic carbocycles. The van der Waals surface area contributed by atoms with Gasteiger partial charge in [-0.15, -0.1) is 0 Å². The van der Waals surface area contributed by atoms with Gasteiger partial charge in [-0.2, -0.15) is 0 Å². The number of carbonyl (C=O) groups excluding carboxylic acids is 2. The summed E-state index contributed by atoms with van der Waals surface area (Å²) in [5.74, 6) is 0.259. The number of H-pyrrole nitrogens is 1. The van der Waals surface area contributed by atoms with Crippen LogP contribution in [0.4, 0.5) is 0 Å². The first-order chi connectivity index (χ1) is 19.7. The molecule has 0 bridgehead atoms. The Labute approximate surface area is 241 Å². The van der Waals surface area contributed by atoms with Crippen molar-refractivity contribution in [3.63, 3.8) is 0 Å². The number of benzene rings is 2. The maximum Gasteiger partial charge on any atom is 0.253 e. The van der Waals surface area contributed by atoms with Crippen LogP contribution in [-0.4, -0.2) is 75.3 Å². The molecule has 1 aliphatic rings. The molecule has 1 amide bonds. The molecule has 0 saturated heterocycles. The van der Waals surface area contributed by atoms with E-state index >= 15 is 0 Å². The Balaban J connectivity index is 1.39. The van der Waals surface area contributed by atoms with Crippen molar-refractivity contribution in [2.75, 3.05) is 33.8 Å². The number of Topliss-reactive ketones (excluding diaryl/α,β-unsaturated/α-hetero) is 1. The van der Waals surface area contributed by atoms with Gasteiger partial charge in [0.25, 0.3) is 5.91 Å². The van der Waals surface area contributed by atoms with E-state index in [4.69, 9.17) is 10.1 Å². The number of hydrogen-bond donors (Lipinski definition) is 2. The summed E-state index contributed by atoms with van der Waals surface area (Å²) in [7, 11) is 3.52. The predicted octanol–water partition coefficient (Wildman–Crippen LogP) is 5.09. The van der Waals surface area contributed by atoms with Crippen LogP contribution in [0.5, 0.6) is 0 Å². The molecule has 8 nitrogen and oxygen atoms in total. The Morgan fingerprint density at radius 1 is 1.05 bits per heavy atom. The number of aryl methyl sites for hydroxylation is 2. The summed E-state index contributed by atoms with van der Waals surface area (Å²) in [6, 6.07) is 10.3. The van der Waals surface area contributed by atoms with Gasteiger partial charge in [-0.3, -0.25) is 14.5 Å². The number of amides is 1. The summed E-state index contributed by atoms with van der Waals surface area (Å²) in [6.07, 6.45) is 7.27. The van der Waals surface area contributed by atoms with Crippen molar-refractivity contribution >= 4 is 22.9 Å². The summed E-state index contributed by atoms with van der Waals surface area (Å²) in [5, 5.41) is 8.95.